The summed E-state index contributed by atoms with van der Waals surface area (Å²) in [6.45, 7) is 2.14. The van der Waals surface area contributed by atoms with Crippen LogP contribution in [0, 0.1) is 5.92 Å². The summed E-state index contributed by atoms with van der Waals surface area (Å²) in [7, 11) is 2.05. The van der Waals surface area contributed by atoms with Gasteiger partial charge in [0.15, 0.2) is 0 Å². The summed E-state index contributed by atoms with van der Waals surface area (Å²) in [5, 5.41) is 0. The normalized spacial score (nSPS) is 24.8. The van der Waals surface area contributed by atoms with Crippen LogP contribution in [0.1, 0.15) is 35.4 Å². The fraction of sp³-hybridized carbons (Fsp3) is 0.357. The average Bonchev–Trinajstić information content (AvgIpc) is 2.85. The summed E-state index contributed by atoms with van der Waals surface area (Å²) in [6.07, 6.45) is -2.06. The molecule has 3 aromatic carbocycles. The van der Waals surface area contributed by atoms with Crippen molar-refractivity contribution in [3.8, 4) is 0 Å². The summed E-state index contributed by atoms with van der Waals surface area (Å²) in [5.41, 5.74) is 2.81. The average molecular weight is 451 g/mol. The maximum Gasteiger partial charge on any atom is 0.416 e. The zero-order chi connectivity index (χ0) is 23.0. The highest BCUT2D eigenvalue weighted by atomic mass is 19.4. The lowest BCUT2D eigenvalue weighted by molar-refractivity contribution is -0.137. The lowest BCUT2D eigenvalue weighted by atomic mass is 9.70. The molecular weight excluding hydrogens is 421 g/mol. The molecule has 2 atom stereocenters. The minimum absolute atomic E-state index is 0.192. The van der Waals surface area contributed by atoms with Gasteiger partial charge in [0.25, 0.3) is 0 Å². The monoisotopic (exact) mass is 450 g/mol. The molecule has 0 spiro atoms. The Morgan fingerprint density at radius 1 is 0.788 bits per heavy atom. The van der Waals surface area contributed by atoms with Crippen molar-refractivity contribution < 1.29 is 13.2 Å². The van der Waals surface area contributed by atoms with E-state index in [1.54, 1.807) is 12.1 Å². The standard InChI is InChI=1S/C28H29F3N2/c1-32(24-14-12-23(13-15-24)28(29,30)31)26-22-16-18-33(19-17-22)27(26)25(20-8-4-2-5-9-20)21-10-6-3-7-11-21/h2-15,22,25-27H,16-19H2,1H3/t26-,27-/m1/s1. The first-order chi connectivity index (χ1) is 15.9. The summed E-state index contributed by atoms with van der Waals surface area (Å²) in [5.74, 6) is 0.708. The number of rotatable bonds is 5. The molecule has 3 fully saturated rings. The van der Waals surface area contributed by atoms with Crippen LogP contribution in [0.25, 0.3) is 0 Å². The summed E-state index contributed by atoms with van der Waals surface area (Å²) >= 11 is 0. The number of piperidine rings is 3. The molecule has 0 unspecified atom stereocenters. The highest BCUT2D eigenvalue weighted by molar-refractivity contribution is 5.50. The second kappa shape index (κ2) is 8.86. The van der Waals surface area contributed by atoms with E-state index in [2.05, 4.69) is 65.4 Å². The highest BCUT2D eigenvalue weighted by Gasteiger charge is 2.48. The third-order valence-electron chi connectivity index (χ3n) is 7.54. The van der Waals surface area contributed by atoms with Crippen molar-refractivity contribution in [2.75, 3.05) is 25.0 Å². The molecule has 33 heavy (non-hydrogen) atoms. The molecule has 0 N–H and O–H groups in total. The summed E-state index contributed by atoms with van der Waals surface area (Å²) < 4.78 is 39.4. The van der Waals surface area contributed by atoms with E-state index < -0.39 is 11.7 Å². The molecule has 0 radical (unpaired) electrons. The van der Waals surface area contributed by atoms with Gasteiger partial charge in [-0.2, -0.15) is 13.2 Å². The smallest absolute Gasteiger partial charge is 0.370 e. The summed E-state index contributed by atoms with van der Waals surface area (Å²) in [6, 6.07) is 27.4. The van der Waals surface area contributed by atoms with Crippen molar-refractivity contribution in [1.82, 2.24) is 4.90 Å². The van der Waals surface area contributed by atoms with Gasteiger partial charge in [0, 0.05) is 30.7 Å². The summed E-state index contributed by atoms with van der Waals surface area (Å²) in [4.78, 5) is 4.84. The maximum absolute atomic E-state index is 13.1. The van der Waals surface area contributed by atoms with Crippen LogP contribution in [-0.4, -0.2) is 37.1 Å². The molecule has 6 rings (SSSR count). The largest absolute Gasteiger partial charge is 0.416 e. The molecule has 3 aliphatic rings. The Morgan fingerprint density at radius 3 is 1.79 bits per heavy atom. The molecule has 3 saturated heterocycles. The molecule has 3 heterocycles. The number of nitrogens with zero attached hydrogens (tertiary/aromatic N) is 2. The lowest BCUT2D eigenvalue weighted by Crippen LogP contribution is -2.65. The van der Waals surface area contributed by atoms with Crippen LogP contribution in [0.3, 0.4) is 0 Å². The Bertz CT molecular complexity index is 1000. The van der Waals surface area contributed by atoms with Crippen LogP contribution in [0.5, 0.6) is 0 Å². The van der Waals surface area contributed by atoms with Crippen molar-refractivity contribution in [1.29, 1.82) is 0 Å². The van der Waals surface area contributed by atoms with Gasteiger partial charge in [-0.05, 0) is 67.2 Å². The van der Waals surface area contributed by atoms with Gasteiger partial charge in [0.2, 0.25) is 0 Å². The van der Waals surface area contributed by atoms with Crippen LogP contribution >= 0.6 is 0 Å². The van der Waals surface area contributed by atoms with E-state index in [0.717, 1.165) is 31.6 Å². The van der Waals surface area contributed by atoms with Gasteiger partial charge in [-0.15, -0.1) is 0 Å². The molecule has 172 valence electrons. The third-order valence-corrected chi connectivity index (χ3v) is 7.54. The Labute approximate surface area is 193 Å². The minimum Gasteiger partial charge on any atom is -0.370 e. The SMILES string of the molecule is CN(c1ccc(C(F)(F)F)cc1)[C@@H]1C2CCN(CC2)[C@@H]1C(c1ccccc1)c1ccccc1. The van der Waals surface area contributed by atoms with Gasteiger partial charge < -0.3 is 4.90 Å². The third kappa shape index (κ3) is 4.26. The second-order valence-corrected chi connectivity index (χ2v) is 9.31. The Hall–Kier alpha value is -2.79. The lowest BCUT2D eigenvalue weighted by Gasteiger charge is -2.56. The Kier molecular flexibility index (Phi) is 5.92. The number of anilines is 1. The Morgan fingerprint density at radius 2 is 1.30 bits per heavy atom. The van der Waals surface area contributed by atoms with Gasteiger partial charge in [0.05, 0.1) is 5.56 Å². The molecule has 2 nitrogen and oxygen atoms in total. The van der Waals surface area contributed by atoms with Gasteiger partial charge in [-0.1, -0.05) is 60.7 Å². The van der Waals surface area contributed by atoms with E-state index in [1.165, 1.54) is 23.3 Å². The van der Waals surface area contributed by atoms with Gasteiger partial charge in [-0.3, -0.25) is 4.90 Å². The van der Waals surface area contributed by atoms with Gasteiger partial charge in [-0.25, -0.2) is 0 Å². The molecule has 0 aliphatic carbocycles. The second-order valence-electron chi connectivity index (χ2n) is 9.31. The van der Waals surface area contributed by atoms with E-state index in [1.807, 2.05) is 12.1 Å². The first-order valence-corrected chi connectivity index (χ1v) is 11.7. The molecule has 0 aromatic heterocycles. The van der Waals surface area contributed by atoms with Crippen molar-refractivity contribution in [2.45, 2.75) is 37.0 Å². The van der Waals surface area contributed by atoms with Gasteiger partial charge in [0.1, 0.15) is 0 Å². The van der Waals surface area contributed by atoms with Crippen molar-refractivity contribution >= 4 is 5.69 Å². The Balaban J connectivity index is 1.55. The highest BCUT2D eigenvalue weighted by Crippen LogP contribution is 2.45. The molecule has 5 heteroatoms. The first kappa shape index (κ1) is 22.0. The van der Waals surface area contributed by atoms with Crippen molar-refractivity contribution in [3.05, 3.63) is 102 Å². The van der Waals surface area contributed by atoms with E-state index in [4.69, 9.17) is 0 Å². The molecule has 0 saturated carbocycles. The number of halogens is 3. The number of hydrogen-bond acceptors (Lipinski definition) is 2. The molecule has 3 aromatic rings. The number of fused-ring (bicyclic) bond motifs is 3. The van der Waals surface area contributed by atoms with E-state index in [-0.39, 0.29) is 18.0 Å². The number of alkyl halides is 3. The quantitative estimate of drug-likeness (QED) is 0.442. The van der Waals surface area contributed by atoms with E-state index in [9.17, 15) is 13.2 Å². The van der Waals surface area contributed by atoms with Crippen LogP contribution < -0.4 is 4.90 Å². The maximum atomic E-state index is 13.1. The first-order valence-electron chi connectivity index (χ1n) is 11.7. The molecule has 3 aliphatic heterocycles. The van der Waals surface area contributed by atoms with Crippen LogP contribution in [0.2, 0.25) is 0 Å². The number of likely N-dealkylation sites (N-methyl/N-ethyl adjacent to an activating group) is 1. The van der Waals surface area contributed by atoms with Crippen LogP contribution in [0.4, 0.5) is 18.9 Å². The van der Waals surface area contributed by atoms with Crippen molar-refractivity contribution in [3.63, 3.8) is 0 Å². The minimum atomic E-state index is -4.32. The predicted octanol–water partition coefficient (Wildman–Crippen LogP) is 6.44. The fourth-order valence-electron chi connectivity index (χ4n) is 5.97. The van der Waals surface area contributed by atoms with E-state index in [0.29, 0.717) is 5.92 Å². The molecule has 2 bridgehead atoms. The topological polar surface area (TPSA) is 6.48 Å². The van der Waals surface area contributed by atoms with Crippen LogP contribution in [-0.2, 0) is 6.18 Å². The zero-order valence-corrected chi connectivity index (χ0v) is 18.7. The van der Waals surface area contributed by atoms with Crippen molar-refractivity contribution in [2.24, 2.45) is 5.92 Å². The number of benzene rings is 3. The van der Waals surface area contributed by atoms with Gasteiger partial charge >= 0.3 is 6.18 Å². The predicted molar refractivity (Wildman–Crippen MR) is 126 cm³/mol. The molecule has 0 amide bonds. The molecular formula is C28H29F3N2. The van der Waals surface area contributed by atoms with Crippen LogP contribution in [0.15, 0.2) is 84.9 Å². The fourth-order valence-corrected chi connectivity index (χ4v) is 5.97. The number of hydrogen-bond donors (Lipinski definition) is 0. The zero-order valence-electron chi connectivity index (χ0n) is 18.7. The van der Waals surface area contributed by atoms with E-state index >= 15 is 0 Å².